The van der Waals surface area contributed by atoms with Crippen LogP contribution in [0.2, 0.25) is 0 Å². The van der Waals surface area contributed by atoms with Crippen molar-refractivity contribution in [3.05, 3.63) is 29.8 Å². The number of carbonyl (C=O) groups excluding carboxylic acids is 1. The van der Waals surface area contributed by atoms with Crippen LogP contribution < -0.4 is 10.0 Å². The van der Waals surface area contributed by atoms with Crippen LogP contribution in [0.4, 0.5) is 0 Å². The van der Waals surface area contributed by atoms with Crippen LogP contribution in [0.15, 0.2) is 29.2 Å². The van der Waals surface area contributed by atoms with Gasteiger partial charge in [-0.25, -0.2) is 21.6 Å². The van der Waals surface area contributed by atoms with Crippen LogP contribution >= 0.6 is 0 Å². The predicted molar refractivity (Wildman–Crippen MR) is 100 cm³/mol. The van der Waals surface area contributed by atoms with Gasteiger partial charge >= 0.3 is 0 Å². The number of benzene rings is 1. The molecule has 1 heterocycles. The van der Waals surface area contributed by atoms with Gasteiger partial charge in [-0.2, -0.15) is 0 Å². The summed E-state index contributed by atoms with van der Waals surface area (Å²) in [5, 5.41) is 2.63. The minimum atomic E-state index is -3.69. The molecule has 0 radical (unpaired) electrons. The van der Waals surface area contributed by atoms with Crippen LogP contribution in [0.3, 0.4) is 0 Å². The number of sulfone groups is 1. The highest BCUT2D eigenvalue weighted by Crippen LogP contribution is 2.23. The van der Waals surface area contributed by atoms with E-state index >= 15 is 0 Å². The van der Waals surface area contributed by atoms with Crippen molar-refractivity contribution < 1.29 is 21.6 Å². The van der Waals surface area contributed by atoms with Crippen molar-refractivity contribution in [3.63, 3.8) is 0 Å². The number of hydrogen-bond donors (Lipinski definition) is 2. The normalized spacial score (nSPS) is 20.0. The Morgan fingerprint density at radius 1 is 1.19 bits per heavy atom. The molecule has 26 heavy (non-hydrogen) atoms. The third-order valence-corrected chi connectivity index (χ3v) is 7.52. The monoisotopic (exact) mass is 402 g/mol. The number of amides is 1. The Morgan fingerprint density at radius 3 is 2.31 bits per heavy atom. The molecule has 1 atom stereocenters. The van der Waals surface area contributed by atoms with E-state index in [-0.39, 0.29) is 46.7 Å². The third-order valence-electron chi connectivity index (χ3n) is 4.27. The summed E-state index contributed by atoms with van der Waals surface area (Å²) in [7, 11) is -6.75. The van der Waals surface area contributed by atoms with E-state index in [1.165, 1.54) is 0 Å². The van der Waals surface area contributed by atoms with Crippen molar-refractivity contribution in [1.82, 2.24) is 10.0 Å². The van der Waals surface area contributed by atoms with Crippen LogP contribution in [0.25, 0.3) is 0 Å². The highest BCUT2D eigenvalue weighted by molar-refractivity contribution is 7.91. The molecule has 1 aromatic rings. The zero-order chi connectivity index (χ0) is 19.6. The Kier molecular flexibility index (Phi) is 6.14. The lowest BCUT2D eigenvalue weighted by atomic mass is 9.87. The second-order valence-corrected chi connectivity index (χ2v) is 11.6. The molecule has 1 aromatic carbocycles. The van der Waals surface area contributed by atoms with E-state index in [2.05, 4.69) is 10.0 Å². The Morgan fingerprint density at radius 2 is 1.81 bits per heavy atom. The van der Waals surface area contributed by atoms with Crippen molar-refractivity contribution in [3.8, 4) is 0 Å². The van der Waals surface area contributed by atoms with Crippen LogP contribution in [0.5, 0.6) is 0 Å². The first-order valence-corrected chi connectivity index (χ1v) is 11.8. The van der Waals surface area contributed by atoms with Gasteiger partial charge in [-0.1, -0.05) is 32.9 Å². The zero-order valence-electron chi connectivity index (χ0n) is 15.3. The molecule has 146 valence electrons. The van der Waals surface area contributed by atoms with E-state index in [4.69, 9.17) is 0 Å². The molecule has 1 aliphatic heterocycles. The average Bonchev–Trinajstić information content (AvgIpc) is 2.85. The molecule has 7 nitrogen and oxygen atoms in total. The molecule has 1 unspecified atom stereocenters. The number of sulfonamides is 1. The first kappa shape index (κ1) is 20.9. The molecule has 2 N–H and O–H groups in total. The summed E-state index contributed by atoms with van der Waals surface area (Å²) in [6, 6.07) is 6.27. The molecule has 1 saturated heterocycles. The molecule has 9 heteroatoms. The maximum absolute atomic E-state index is 12.3. The number of hydrogen-bond acceptors (Lipinski definition) is 5. The molecular formula is C17H26N2O5S2. The lowest BCUT2D eigenvalue weighted by molar-refractivity contribution is -0.121. The SMILES string of the molecule is CC(C)(C)c1ccc(S(=O)(=O)NCCC(=O)NC2CCS(=O)(=O)C2)cc1. The standard InChI is InChI=1S/C17H26N2O5S2/c1-17(2,3)13-4-6-15(7-5-13)26(23,24)18-10-8-16(20)19-14-9-11-25(21,22)12-14/h4-7,14,18H,8-12H2,1-3H3,(H,19,20). The lowest BCUT2D eigenvalue weighted by Crippen LogP contribution is -2.37. The van der Waals surface area contributed by atoms with Crippen molar-refractivity contribution in [1.29, 1.82) is 0 Å². The van der Waals surface area contributed by atoms with Crippen LogP contribution in [0.1, 0.15) is 39.2 Å². The molecular weight excluding hydrogens is 376 g/mol. The molecule has 0 spiro atoms. The molecule has 1 fully saturated rings. The van der Waals surface area contributed by atoms with E-state index in [0.717, 1.165) is 5.56 Å². The summed E-state index contributed by atoms with van der Waals surface area (Å²) in [6.45, 7) is 6.09. The highest BCUT2D eigenvalue weighted by Gasteiger charge is 2.28. The van der Waals surface area contributed by atoms with Gasteiger partial charge < -0.3 is 5.32 Å². The summed E-state index contributed by atoms with van der Waals surface area (Å²) >= 11 is 0. The zero-order valence-corrected chi connectivity index (χ0v) is 16.9. The maximum atomic E-state index is 12.3. The Bertz CT molecular complexity index is 853. The Balaban J connectivity index is 1.85. The van der Waals surface area contributed by atoms with E-state index in [1.54, 1.807) is 24.3 Å². The second kappa shape index (κ2) is 7.66. The van der Waals surface area contributed by atoms with Crippen molar-refractivity contribution in [2.24, 2.45) is 0 Å². The molecule has 1 amide bonds. The fourth-order valence-corrected chi connectivity index (χ4v) is 5.43. The molecule has 2 rings (SSSR count). The minimum Gasteiger partial charge on any atom is -0.352 e. The average molecular weight is 403 g/mol. The lowest BCUT2D eigenvalue weighted by Gasteiger charge is -2.19. The predicted octanol–water partition coefficient (Wildman–Crippen LogP) is 0.956. The van der Waals surface area contributed by atoms with Gasteiger partial charge in [0.05, 0.1) is 16.4 Å². The van der Waals surface area contributed by atoms with E-state index in [0.29, 0.717) is 6.42 Å². The van der Waals surface area contributed by atoms with E-state index in [9.17, 15) is 21.6 Å². The molecule has 0 bridgehead atoms. The van der Waals surface area contributed by atoms with Gasteiger partial charge in [0.2, 0.25) is 15.9 Å². The van der Waals surface area contributed by atoms with Gasteiger partial charge in [-0.05, 0) is 29.5 Å². The largest absolute Gasteiger partial charge is 0.352 e. The van der Waals surface area contributed by atoms with E-state index < -0.39 is 19.9 Å². The van der Waals surface area contributed by atoms with Gasteiger partial charge in [0.15, 0.2) is 9.84 Å². The fraction of sp³-hybridized carbons (Fsp3) is 0.588. The quantitative estimate of drug-likeness (QED) is 0.736. The van der Waals surface area contributed by atoms with Gasteiger partial charge in [0, 0.05) is 19.0 Å². The van der Waals surface area contributed by atoms with E-state index in [1.807, 2.05) is 20.8 Å². The summed E-state index contributed by atoms with van der Waals surface area (Å²) in [4.78, 5) is 12.0. The maximum Gasteiger partial charge on any atom is 0.240 e. The summed E-state index contributed by atoms with van der Waals surface area (Å²) in [5.74, 6) is -0.336. The first-order chi connectivity index (χ1) is 11.9. The first-order valence-electron chi connectivity index (χ1n) is 8.49. The Labute approximate surface area is 155 Å². The molecule has 0 aromatic heterocycles. The van der Waals surface area contributed by atoms with Crippen LogP contribution in [0, 0.1) is 0 Å². The summed E-state index contributed by atoms with van der Waals surface area (Å²) in [6.07, 6.45) is 0.357. The number of carbonyl (C=O) groups is 1. The molecule has 1 aliphatic rings. The van der Waals surface area contributed by atoms with Crippen LogP contribution in [-0.4, -0.2) is 46.8 Å². The van der Waals surface area contributed by atoms with Gasteiger partial charge in [-0.15, -0.1) is 0 Å². The highest BCUT2D eigenvalue weighted by atomic mass is 32.2. The third kappa shape index (κ3) is 5.78. The van der Waals surface area contributed by atoms with Gasteiger partial charge in [0.1, 0.15) is 0 Å². The van der Waals surface area contributed by atoms with Crippen molar-refractivity contribution >= 4 is 25.8 Å². The van der Waals surface area contributed by atoms with Crippen molar-refractivity contribution in [2.45, 2.75) is 50.0 Å². The molecule has 0 aliphatic carbocycles. The number of rotatable bonds is 6. The topological polar surface area (TPSA) is 109 Å². The second-order valence-electron chi connectivity index (χ2n) is 7.59. The van der Waals surface area contributed by atoms with Crippen molar-refractivity contribution in [2.75, 3.05) is 18.1 Å². The summed E-state index contributed by atoms with van der Waals surface area (Å²) in [5.41, 5.74) is 0.962. The smallest absolute Gasteiger partial charge is 0.240 e. The van der Waals surface area contributed by atoms with Gasteiger partial charge in [0.25, 0.3) is 0 Å². The fourth-order valence-electron chi connectivity index (χ4n) is 2.73. The van der Waals surface area contributed by atoms with Crippen LogP contribution in [-0.2, 0) is 30.1 Å². The molecule has 0 saturated carbocycles. The summed E-state index contributed by atoms with van der Waals surface area (Å²) < 4.78 is 49.7. The minimum absolute atomic E-state index is 0.0458. The Hall–Kier alpha value is -1.45. The van der Waals surface area contributed by atoms with Gasteiger partial charge in [-0.3, -0.25) is 4.79 Å². The number of nitrogens with one attached hydrogen (secondary N) is 2.